The first-order valence-corrected chi connectivity index (χ1v) is 9.69. The number of nitrogens with one attached hydrogen (secondary N) is 2. The van der Waals surface area contributed by atoms with E-state index in [0.717, 1.165) is 49.3 Å². The molecule has 0 spiro atoms. The van der Waals surface area contributed by atoms with E-state index >= 15 is 0 Å². The minimum atomic E-state index is -0.202. The van der Waals surface area contributed by atoms with Crippen molar-refractivity contribution in [3.05, 3.63) is 48.0 Å². The first kappa shape index (κ1) is 17.7. The second-order valence-electron chi connectivity index (χ2n) is 7.08. The number of amides is 1. The van der Waals surface area contributed by atoms with Gasteiger partial charge in [0.1, 0.15) is 11.5 Å². The molecule has 4 rings (SSSR count). The molecule has 3 heterocycles. The molecule has 0 bridgehead atoms. The largest absolute Gasteiger partial charge is 0.341 e. The minimum Gasteiger partial charge on any atom is -0.341 e. The highest BCUT2D eigenvalue weighted by molar-refractivity contribution is 5.92. The molecule has 1 aromatic carbocycles. The van der Waals surface area contributed by atoms with E-state index in [2.05, 4.69) is 33.3 Å². The summed E-state index contributed by atoms with van der Waals surface area (Å²) in [6.45, 7) is 6.82. The smallest absolute Gasteiger partial charge is 0.272 e. The Morgan fingerprint density at radius 3 is 3.00 bits per heavy atom. The van der Waals surface area contributed by atoms with Crippen LogP contribution in [0.3, 0.4) is 0 Å². The molecule has 1 aliphatic heterocycles. The van der Waals surface area contributed by atoms with Crippen LogP contribution in [0.5, 0.6) is 0 Å². The Bertz CT molecular complexity index is 937. The van der Waals surface area contributed by atoms with Gasteiger partial charge in [0.15, 0.2) is 0 Å². The van der Waals surface area contributed by atoms with Crippen molar-refractivity contribution in [1.82, 2.24) is 30.0 Å². The first-order chi connectivity index (χ1) is 13.2. The van der Waals surface area contributed by atoms with Crippen LogP contribution in [0.1, 0.15) is 55.1 Å². The molecule has 2 aromatic heterocycles. The maximum absolute atomic E-state index is 12.7. The van der Waals surface area contributed by atoms with Gasteiger partial charge in [-0.2, -0.15) is 5.10 Å². The van der Waals surface area contributed by atoms with Crippen molar-refractivity contribution >= 4 is 16.9 Å². The van der Waals surface area contributed by atoms with Gasteiger partial charge in [-0.3, -0.25) is 9.48 Å². The van der Waals surface area contributed by atoms with Crippen molar-refractivity contribution in [2.24, 2.45) is 0 Å². The van der Waals surface area contributed by atoms with E-state index in [9.17, 15) is 4.79 Å². The fourth-order valence-electron chi connectivity index (χ4n) is 3.81. The number of hydrogen-bond acceptors (Lipinski definition) is 4. The fourth-order valence-corrected chi connectivity index (χ4v) is 3.81. The number of hydrogen-bond donors (Lipinski definition) is 2. The monoisotopic (exact) mass is 366 g/mol. The molecule has 27 heavy (non-hydrogen) atoms. The number of aromatic nitrogens is 4. The second-order valence-corrected chi connectivity index (χ2v) is 7.08. The van der Waals surface area contributed by atoms with Crippen LogP contribution >= 0.6 is 0 Å². The molecule has 1 fully saturated rings. The molecule has 7 nitrogen and oxygen atoms in total. The predicted molar refractivity (Wildman–Crippen MR) is 105 cm³/mol. The number of fused-ring (bicyclic) bond motifs is 1. The van der Waals surface area contributed by atoms with E-state index in [1.54, 1.807) is 6.07 Å². The Hall–Kier alpha value is -2.67. The number of nitrogens with zero attached hydrogens (tertiary/aromatic N) is 4. The highest BCUT2D eigenvalue weighted by Crippen LogP contribution is 2.21. The Morgan fingerprint density at radius 1 is 1.37 bits per heavy atom. The van der Waals surface area contributed by atoms with Gasteiger partial charge in [-0.05, 0) is 51.4 Å². The van der Waals surface area contributed by atoms with Crippen LogP contribution in [0, 0.1) is 0 Å². The number of rotatable bonds is 5. The molecule has 2 atom stereocenters. The van der Waals surface area contributed by atoms with E-state index in [1.807, 2.05) is 36.0 Å². The van der Waals surface area contributed by atoms with E-state index in [-0.39, 0.29) is 11.9 Å². The third kappa shape index (κ3) is 3.47. The van der Waals surface area contributed by atoms with E-state index in [0.29, 0.717) is 11.7 Å². The summed E-state index contributed by atoms with van der Waals surface area (Å²) >= 11 is 0. The van der Waals surface area contributed by atoms with Crippen molar-refractivity contribution in [3.8, 4) is 0 Å². The molecular formula is C20H26N6O. The zero-order valence-corrected chi connectivity index (χ0v) is 15.9. The van der Waals surface area contributed by atoms with Gasteiger partial charge in [0.2, 0.25) is 0 Å². The molecule has 0 aliphatic carbocycles. The topological polar surface area (TPSA) is 76.8 Å². The highest BCUT2D eigenvalue weighted by Gasteiger charge is 2.21. The van der Waals surface area contributed by atoms with Crippen molar-refractivity contribution in [2.45, 2.75) is 45.3 Å². The van der Waals surface area contributed by atoms with E-state index in [1.165, 1.54) is 0 Å². The molecule has 142 valence electrons. The SMILES string of the molecule is CCn1c(C(C)NC(=O)c2ccn(C3CCCNC3)n2)nc2ccccc21. The second kappa shape index (κ2) is 7.52. The summed E-state index contributed by atoms with van der Waals surface area (Å²) in [5.41, 5.74) is 2.49. The molecule has 1 aliphatic rings. The van der Waals surface area contributed by atoms with Crippen molar-refractivity contribution in [2.75, 3.05) is 13.1 Å². The molecule has 0 saturated carbocycles. The summed E-state index contributed by atoms with van der Waals surface area (Å²) in [5, 5.41) is 10.9. The van der Waals surface area contributed by atoms with E-state index in [4.69, 9.17) is 4.98 Å². The normalized spacial score (nSPS) is 18.5. The van der Waals surface area contributed by atoms with Gasteiger partial charge in [0.05, 0.1) is 23.1 Å². The molecule has 1 saturated heterocycles. The predicted octanol–water partition coefficient (Wildman–Crippen LogP) is 2.67. The van der Waals surface area contributed by atoms with Gasteiger partial charge in [-0.1, -0.05) is 12.1 Å². The quantitative estimate of drug-likeness (QED) is 0.728. The standard InChI is InChI=1S/C20H26N6O/c1-3-25-18-9-5-4-8-16(18)23-19(25)14(2)22-20(27)17-10-12-26(24-17)15-7-6-11-21-13-15/h4-5,8-10,12,14-15,21H,3,6-7,11,13H2,1-2H3,(H,22,27). The summed E-state index contributed by atoms with van der Waals surface area (Å²) in [5.74, 6) is 0.697. The molecule has 1 amide bonds. The molecular weight excluding hydrogens is 340 g/mol. The Morgan fingerprint density at radius 2 is 2.22 bits per heavy atom. The van der Waals surface area contributed by atoms with Crippen LogP contribution in [-0.2, 0) is 6.54 Å². The maximum Gasteiger partial charge on any atom is 0.272 e. The summed E-state index contributed by atoms with van der Waals surface area (Å²) < 4.78 is 4.06. The van der Waals surface area contributed by atoms with Crippen LogP contribution in [0.15, 0.2) is 36.5 Å². The van der Waals surface area contributed by atoms with Gasteiger partial charge >= 0.3 is 0 Å². The lowest BCUT2D eigenvalue weighted by Gasteiger charge is -2.22. The summed E-state index contributed by atoms with van der Waals surface area (Å²) in [4.78, 5) is 17.4. The molecule has 2 unspecified atom stereocenters. The maximum atomic E-state index is 12.7. The lowest BCUT2D eigenvalue weighted by Crippen LogP contribution is -2.32. The van der Waals surface area contributed by atoms with Crippen LogP contribution in [0.4, 0.5) is 0 Å². The molecule has 0 radical (unpaired) electrons. The van der Waals surface area contributed by atoms with Crippen LogP contribution in [0.2, 0.25) is 0 Å². The van der Waals surface area contributed by atoms with Gasteiger partial charge < -0.3 is 15.2 Å². The number of carbonyl (C=O) groups is 1. The van der Waals surface area contributed by atoms with Crippen molar-refractivity contribution in [1.29, 1.82) is 0 Å². The molecule has 3 aromatic rings. The van der Waals surface area contributed by atoms with E-state index < -0.39 is 0 Å². The summed E-state index contributed by atoms with van der Waals surface area (Å²) in [6, 6.07) is 9.96. The Kier molecular flexibility index (Phi) is 4.94. The van der Waals surface area contributed by atoms with Crippen molar-refractivity contribution in [3.63, 3.8) is 0 Å². The number of benzene rings is 1. The van der Waals surface area contributed by atoms with Crippen molar-refractivity contribution < 1.29 is 4.79 Å². The number of aryl methyl sites for hydroxylation is 1. The van der Waals surface area contributed by atoms with Gasteiger partial charge in [-0.25, -0.2) is 4.98 Å². The van der Waals surface area contributed by atoms with Crippen LogP contribution < -0.4 is 10.6 Å². The Balaban J connectivity index is 1.50. The molecule has 7 heteroatoms. The highest BCUT2D eigenvalue weighted by atomic mass is 16.2. The third-order valence-electron chi connectivity index (χ3n) is 5.22. The number of carbonyl (C=O) groups excluding carboxylic acids is 1. The van der Waals surface area contributed by atoms with Gasteiger partial charge in [0, 0.05) is 19.3 Å². The average Bonchev–Trinajstić information content (AvgIpc) is 3.33. The average molecular weight is 366 g/mol. The zero-order valence-electron chi connectivity index (χ0n) is 15.9. The van der Waals surface area contributed by atoms with Gasteiger partial charge in [0.25, 0.3) is 5.91 Å². The Labute approximate surface area is 158 Å². The first-order valence-electron chi connectivity index (χ1n) is 9.69. The van der Waals surface area contributed by atoms with Crippen LogP contribution in [-0.4, -0.2) is 38.3 Å². The lowest BCUT2D eigenvalue weighted by atomic mass is 10.1. The fraction of sp³-hybridized carbons (Fsp3) is 0.450. The number of para-hydroxylation sites is 2. The number of imidazole rings is 1. The summed E-state index contributed by atoms with van der Waals surface area (Å²) in [7, 11) is 0. The minimum absolute atomic E-state index is 0.167. The molecule has 2 N–H and O–H groups in total. The summed E-state index contributed by atoms with van der Waals surface area (Å²) in [6.07, 6.45) is 4.13. The van der Waals surface area contributed by atoms with Crippen LogP contribution in [0.25, 0.3) is 11.0 Å². The number of piperidine rings is 1. The third-order valence-corrected chi connectivity index (χ3v) is 5.22. The van der Waals surface area contributed by atoms with Gasteiger partial charge in [-0.15, -0.1) is 0 Å². The zero-order chi connectivity index (χ0) is 18.8. The lowest BCUT2D eigenvalue weighted by molar-refractivity contribution is 0.0931.